The van der Waals surface area contributed by atoms with E-state index in [1.54, 1.807) is 12.3 Å². The zero-order valence-electron chi connectivity index (χ0n) is 10.3. The first-order valence-corrected chi connectivity index (χ1v) is 6.40. The number of carboxylic acid groups (broad SMARTS) is 1. The van der Waals surface area contributed by atoms with E-state index in [-0.39, 0.29) is 0 Å². The number of hydrogen-bond donors (Lipinski definition) is 1. The van der Waals surface area contributed by atoms with Crippen LogP contribution >= 0.6 is 11.6 Å². The molecule has 0 radical (unpaired) electrons. The number of aromatic nitrogens is 1. The number of hydrogen-bond acceptors (Lipinski definition) is 2. The summed E-state index contributed by atoms with van der Waals surface area (Å²) in [6, 6.07) is 13.1. The van der Waals surface area contributed by atoms with Crippen LogP contribution in [0.5, 0.6) is 0 Å². The Kier molecular flexibility index (Phi) is 4.53. The number of benzene rings is 1. The Morgan fingerprint density at radius 2 is 1.79 bits per heavy atom. The van der Waals surface area contributed by atoms with Crippen molar-refractivity contribution in [3.8, 4) is 0 Å². The van der Waals surface area contributed by atoms with Crippen molar-refractivity contribution >= 4 is 17.6 Å². The van der Waals surface area contributed by atoms with Gasteiger partial charge in [0.05, 0.1) is 5.92 Å². The van der Waals surface area contributed by atoms with E-state index in [1.807, 2.05) is 36.4 Å². The molecule has 0 aliphatic heterocycles. The molecule has 1 heterocycles. The largest absolute Gasteiger partial charge is 0.481 e. The Balaban J connectivity index is 2.08. The van der Waals surface area contributed by atoms with Crippen molar-refractivity contribution in [3.63, 3.8) is 0 Å². The molecular weight excluding hydrogens is 262 g/mol. The van der Waals surface area contributed by atoms with Crippen molar-refractivity contribution < 1.29 is 9.90 Å². The standard InChI is InChI=1S/C15H14ClNO2/c16-14-7-6-12(10-17-14)9-13(15(18)19)8-11-4-2-1-3-5-11/h1-7,10,13H,8-9H2,(H,18,19). The predicted molar refractivity (Wildman–Crippen MR) is 74.2 cm³/mol. The monoisotopic (exact) mass is 275 g/mol. The zero-order valence-corrected chi connectivity index (χ0v) is 11.0. The SMILES string of the molecule is O=C(O)C(Cc1ccccc1)Cc1ccc(Cl)nc1. The number of carbonyl (C=O) groups is 1. The lowest BCUT2D eigenvalue weighted by Gasteiger charge is -2.12. The van der Waals surface area contributed by atoms with Crippen LogP contribution in [0.2, 0.25) is 5.15 Å². The third-order valence-corrected chi connectivity index (χ3v) is 3.17. The first-order valence-electron chi connectivity index (χ1n) is 6.02. The average Bonchev–Trinajstić information content (AvgIpc) is 2.41. The van der Waals surface area contributed by atoms with E-state index >= 15 is 0 Å². The van der Waals surface area contributed by atoms with Crippen molar-refractivity contribution in [2.24, 2.45) is 5.92 Å². The number of carboxylic acids is 1. The second kappa shape index (κ2) is 6.34. The molecule has 1 N–H and O–H groups in total. The van der Waals surface area contributed by atoms with Crippen LogP contribution in [0.15, 0.2) is 48.7 Å². The highest BCUT2D eigenvalue weighted by molar-refractivity contribution is 6.29. The maximum Gasteiger partial charge on any atom is 0.307 e. The fraction of sp³-hybridized carbons (Fsp3) is 0.200. The second-order valence-electron chi connectivity index (χ2n) is 4.42. The minimum absolute atomic E-state index is 0.415. The minimum Gasteiger partial charge on any atom is -0.481 e. The van der Waals surface area contributed by atoms with Crippen LogP contribution in [-0.4, -0.2) is 16.1 Å². The van der Waals surface area contributed by atoms with Crippen LogP contribution in [0.4, 0.5) is 0 Å². The molecule has 0 spiro atoms. The van der Waals surface area contributed by atoms with Gasteiger partial charge in [-0.1, -0.05) is 48.0 Å². The van der Waals surface area contributed by atoms with Gasteiger partial charge in [-0.05, 0) is 30.0 Å². The van der Waals surface area contributed by atoms with E-state index < -0.39 is 11.9 Å². The van der Waals surface area contributed by atoms with Gasteiger partial charge in [-0.25, -0.2) is 4.98 Å². The molecular formula is C15H14ClNO2. The molecule has 1 unspecified atom stereocenters. The summed E-state index contributed by atoms with van der Waals surface area (Å²) in [7, 11) is 0. The molecule has 0 bridgehead atoms. The summed E-state index contributed by atoms with van der Waals surface area (Å²) in [5, 5.41) is 9.72. The molecule has 1 aromatic carbocycles. The molecule has 0 aliphatic carbocycles. The predicted octanol–water partition coefficient (Wildman–Crippen LogP) is 3.22. The molecule has 0 fully saturated rings. The Labute approximate surface area is 116 Å². The molecule has 0 saturated carbocycles. The highest BCUT2D eigenvalue weighted by Gasteiger charge is 2.18. The second-order valence-corrected chi connectivity index (χ2v) is 4.81. The summed E-state index contributed by atoms with van der Waals surface area (Å²) in [4.78, 5) is 15.3. The highest BCUT2D eigenvalue weighted by atomic mass is 35.5. The molecule has 0 aliphatic rings. The van der Waals surface area contributed by atoms with Crippen LogP contribution in [0, 0.1) is 5.92 Å². The molecule has 0 amide bonds. The van der Waals surface area contributed by atoms with Crippen molar-refractivity contribution in [1.29, 1.82) is 0 Å². The number of aliphatic carboxylic acids is 1. The molecule has 2 rings (SSSR count). The first-order chi connectivity index (χ1) is 9.15. The van der Waals surface area contributed by atoms with Gasteiger partial charge < -0.3 is 5.11 Å². The van der Waals surface area contributed by atoms with Gasteiger partial charge in [0.1, 0.15) is 5.15 Å². The van der Waals surface area contributed by atoms with Gasteiger partial charge in [-0.15, -0.1) is 0 Å². The summed E-state index contributed by atoms with van der Waals surface area (Å²) in [6.45, 7) is 0. The van der Waals surface area contributed by atoms with E-state index in [9.17, 15) is 9.90 Å². The fourth-order valence-corrected chi connectivity index (χ4v) is 2.07. The Morgan fingerprint density at radius 3 is 2.37 bits per heavy atom. The molecule has 98 valence electrons. The van der Waals surface area contributed by atoms with E-state index in [4.69, 9.17) is 11.6 Å². The maximum absolute atomic E-state index is 11.3. The topological polar surface area (TPSA) is 50.2 Å². The van der Waals surface area contributed by atoms with Crippen LogP contribution in [-0.2, 0) is 17.6 Å². The lowest BCUT2D eigenvalue weighted by Crippen LogP contribution is -2.19. The summed E-state index contributed by atoms with van der Waals surface area (Å²) in [5.41, 5.74) is 1.91. The quantitative estimate of drug-likeness (QED) is 0.853. The Hall–Kier alpha value is -1.87. The van der Waals surface area contributed by atoms with Gasteiger partial charge in [0.25, 0.3) is 0 Å². The summed E-state index contributed by atoms with van der Waals surface area (Å²) in [6.07, 6.45) is 2.59. The number of nitrogens with zero attached hydrogens (tertiary/aromatic N) is 1. The van der Waals surface area contributed by atoms with Crippen LogP contribution in [0.3, 0.4) is 0 Å². The summed E-state index contributed by atoms with van der Waals surface area (Å²) < 4.78 is 0. The van der Waals surface area contributed by atoms with Crippen molar-refractivity contribution in [1.82, 2.24) is 4.98 Å². The Morgan fingerprint density at radius 1 is 1.11 bits per heavy atom. The van der Waals surface area contributed by atoms with Gasteiger partial charge >= 0.3 is 5.97 Å². The smallest absolute Gasteiger partial charge is 0.307 e. The molecule has 1 atom stereocenters. The third kappa shape index (κ3) is 4.07. The van der Waals surface area contributed by atoms with Gasteiger partial charge in [0.2, 0.25) is 0 Å². The van der Waals surface area contributed by atoms with Gasteiger partial charge in [-0.3, -0.25) is 4.79 Å². The summed E-state index contributed by atoms with van der Waals surface area (Å²) in [5.74, 6) is -1.25. The van der Waals surface area contributed by atoms with E-state index in [0.29, 0.717) is 18.0 Å². The van der Waals surface area contributed by atoms with E-state index in [1.165, 1.54) is 0 Å². The van der Waals surface area contributed by atoms with Crippen molar-refractivity contribution in [2.45, 2.75) is 12.8 Å². The lowest BCUT2D eigenvalue weighted by molar-refractivity contribution is -0.141. The fourth-order valence-electron chi connectivity index (χ4n) is 1.96. The van der Waals surface area contributed by atoms with Crippen molar-refractivity contribution in [3.05, 3.63) is 64.9 Å². The molecule has 3 nitrogen and oxygen atoms in total. The molecule has 19 heavy (non-hydrogen) atoms. The van der Waals surface area contributed by atoms with Gasteiger partial charge in [0, 0.05) is 6.20 Å². The zero-order chi connectivity index (χ0) is 13.7. The number of halogens is 1. The van der Waals surface area contributed by atoms with E-state index in [2.05, 4.69) is 4.98 Å². The van der Waals surface area contributed by atoms with Crippen LogP contribution in [0.25, 0.3) is 0 Å². The van der Waals surface area contributed by atoms with Crippen molar-refractivity contribution in [2.75, 3.05) is 0 Å². The molecule has 1 aromatic heterocycles. The number of pyridine rings is 1. The maximum atomic E-state index is 11.3. The molecule has 4 heteroatoms. The highest BCUT2D eigenvalue weighted by Crippen LogP contribution is 2.16. The first kappa shape index (κ1) is 13.6. The van der Waals surface area contributed by atoms with Crippen LogP contribution in [0.1, 0.15) is 11.1 Å². The normalized spacial score (nSPS) is 12.1. The molecule has 0 saturated heterocycles. The Bertz CT molecular complexity index is 540. The summed E-state index contributed by atoms with van der Waals surface area (Å²) >= 11 is 5.71. The third-order valence-electron chi connectivity index (χ3n) is 2.94. The van der Waals surface area contributed by atoms with Crippen LogP contribution < -0.4 is 0 Å². The molecule has 2 aromatic rings. The van der Waals surface area contributed by atoms with Gasteiger partial charge in [0.15, 0.2) is 0 Å². The lowest BCUT2D eigenvalue weighted by atomic mass is 9.93. The van der Waals surface area contributed by atoms with Gasteiger partial charge in [-0.2, -0.15) is 0 Å². The average molecular weight is 276 g/mol. The number of rotatable bonds is 5. The minimum atomic E-state index is -0.793. The van der Waals surface area contributed by atoms with E-state index in [0.717, 1.165) is 11.1 Å².